The van der Waals surface area contributed by atoms with Crippen molar-refractivity contribution in [1.29, 1.82) is 0 Å². The van der Waals surface area contributed by atoms with Crippen molar-refractivity contribution >= 4 is 25.8 Å². The first-order valence-corrected chi connectivity index (χ1v) is 2.45. The normalized spacial score (nSPS) is 7.00. The molecule has 0 amide bonds. The molecule has 41 valence electrons. The summed E-state index contributed by atoms with van der Waals surface area (Å²) >= 11 is 0. The van der Waals surface area contributed by atoms with Crippen LogP contribution in [0.1, 0.15) is 5.56 Å². The number of hydrogen-bond donors (Lipinski definition) is 0. The van der Waals surface area contributed by atoms with E-state index in [-0.39, 0.29) is 25.8 Å². The Labute approximate surface area is 74.1 Å². The summed E-state index contributed by atoms with van der Waals surface area (Å²) in [6.45, 7) is 0. The maximum absolute atomic E-state index is 5.10. The zero-order valence-electron chi connectivity index (χ0n) is 5.04. The van der Waals surface area contributed by atoms with Gasteiger partial charge in [-0.15, -0.1) is 6.42 Å². The molecule has 0 saturated carbocycles. The topological polar surface area (TPSA) is 0 Å². The second-order valence-electron chi connectivity index (χ2n) is 1.51. The standard InChI is InChI=1S/C8H6.In/c1-2-8-6-4-3-5-7-8;/h1,3-7H;. The molecule has 1 rings (SSSR count). The maximum atomic E-state index is 5.10. The Morgan fingerprint density at radius 1 is 1.11 bits per heavy atom. The quantitative estimate of drug-likeness (QED) is 0.574. The zero-order chi connectivity index (χ0) is 5.82. The van der Waals surface area contributed by atoms with Crippen LogP contribution in [0.25, 0.3) is 0 Å². The summed E-state index contributed by atoms with van der Waals surface area (Å²) in [7, 11) is 0. The minimum Gasteiger partial charge on any atom is -0.115 e. The van der Waals surface area contributed by atoms with E-state index in [1.165, 1.54) is 0 Å². The smallest absolute Gasteiger partial charge is 0.0242 e. The summed E-state index contributed by atoms with van der Waals surface area (Å²) in [6.07, 6.45) is 5.10. The molecule has 0 unspecified atom stereocenters. The average molecular weight is 217 g/mol. The summed E-state index contributed by atoms with van der Waals surface area (Å²) in [4.78, 5) is 0. The molecule has 0 nitrogen and oxygen atoms in total. The molecule has 0 aromatic heterocycles. The monoisotopic (exact) mass is 217 g/mol. The molecule has 0 N–H and O–H groups in total. The van der Waals surface area contributed by atoms with Crippen molar-refractivity contribution in [3.63, 3.8) is 0 Å². The fraction of sp³-hybridized carbons (Fsp3) is 0. The predicted molar refractivity (Wildman–Crippen MR) is 40.1 cm³/mol. The molecule has 1 aromatic carbocycles. The Bertz CT molecular complexity index is 196. The van der Waals surface area contributed by atoms with E-state index in [1.807, 2.05) is 30.3 Å². The van der Waals surface area contributed by atoms with E-state index >= 15 is 0 Å². The molecule has 0 spiro atoms. The van der Waals surface area contributed by atoms with Crippen molar-refractivity contribution in [3.05, 3.63) is 35.9 Å². The molecule has 0 aliphatic carbocycles. The Kier molecular flexibility index (Phi) is 4.35. The summed E-state index contributed by atoms with van der Waals surface area (Å²) in [5, 5.41) is 0. The second kappa shape index (κ2) is 4.52. The van der Waals surface area contributed by atoms with Crippen LogP contribution in [0.2, 0.25) is 0 Å². The minimum atomic E-state index is 0. The van der Waals surface area contributed by atoms with Gasteiger partial charge in [-0.25, -0.2) is 0 Å². The van der Waals surface area contributed by atoms with Gasteiger partial charge in [0, 0.05) is 31.4 Å². The van der Waals surface area contributed by atoms with Crippen molar-refractivity contribution in [2.24, 2.45) is 0 Å². The second-order valence-corrected chi connectivity index (χ2v) is 1.51. The van der Waals surface area contributed by atoms with E-state index in [0.717, 1.165) is 5.56 Å². The number of benzene rings is 1. The first-order chi connectivity index (χ1) is 3.93. The molecule has 0 saturated heterocycles. The van der Waals surface area contributed by atoms with Gasteiger partial charge in [0.15, 0.2) is 0 Å². The van der Waals surface area contributed by atoms with Gasteiger partial charge in [-0.2, -0.15) is 0 Å². The Morgan fingerprint density at radius 3 is 2.00 bits per heavy atom. The van der Waals surface area contributed by atoms with Crippen LogP contribution in [0.15, 0.2) is 30.3 Å². The van der Waals surface area contributed by atoms with Gasteiger partial charge in [0.1, 0.15) is 0 Å². The van der Waals surface area contributed by atoms with Crippen LogP contribution in [-0.4, -0.2) is 25.8 Å². The molecule has 0 fully saturated rings. The summed E-state index contributed by atoms with van der Waals surface area (Å²) in [5.41, 5.74) is 0.938. The molecular formula is C8H6In. The van der Waals surface area contributed by atoms with Gasteiger partial charge in [0.05, 0.1) is 0 Å². The fourth-order valence-electron chi connectivity index (χ4n) is 0.534. The van der Waals surface area contributed by atoms with Crippen LogP contribution >= 0.6 is 0 Å². The van der Waals surface area contributed by atoms with E-state index in [4.69, 9.17) is 6.42 Å². The minimum absolute atomic E-state index is 0. The molecule has 1 heteroatoms. The van der Waals surface area contributed by atoms with Gasteiger partial charge in [0.25, 0.3) is 0 Å². The van der Waals surface area contributed by atoms with Gasteiger partial charge < -0.3 is 0 Å². The van der Waals surface area contributed by atoms with Crippen LogP contribution in [0.4, 0.5) is 0 Å². The SMILES string of the molecule is C#Cc1ccccc1.[In]. The van der Waals surface area contributed by atoms with Gasteiger partial charge in [-0.3, -0.25) is 0 Å². The molecule has 3 radical (unpaired) electrons. The molecular weight excluding hydrogens is 211 g/mol. The van der Waals surface area contributed by atoms with Crippen LogP contribution in [0.5, 0.6) is 0 Å². The van der Waals surface area contributed by atoms with Gasteiger partial charge in [-0.1, -0.05) is 24.1 Å². The molecule has 1 aromatic rings. The number of rotatable bonds is 0. The van der Waals surface area contributed by atoms with E-state index in [1.54, 1.807) is 0 Å². The van der Waals surface area contributed by atoms with Gasteiger partial charge in [-0.05, 0) is 12.1 Å². The molecule has 0 heterocycles. The fourth-order valence-corrected chi connectivity index (χ4v) is 0.534. The van der Waals surface area contributed by atoms with Crippen molar-refractivity contribution in [2.45, 2.75) is 0 Å². The third-order valence-corrected chi connectivity index (χ3v) is 0.940. The average Bonchev–Trinajstić information content (AvgIpc) is 1.90. The first-order valence-electron chi connectivity index (χ1n) is 2.45. The molecule has 9 heavy (non-hydrogen) atoms. The van der Waals surface area contributed by atoms with Crippen LogP contribution in [0.3, 0.4) is 0 Å². The van der Waals surface area contributed by atoms with Gasteiger partial charge in [0.2, 0.25) is 0 Å². The van der Waals surface area contributed by atoms with E-state index < -0.39 is 0 Å². The van der Waals surface area contributed by atoms with Crippen LogP contribution in [0, 0.1) is 12.3 Å². The largest absolute Gasteiger partial charge is 0.115 e. The van der Waals surface area contributed by atoms with E-state index in [0.29, 0.717) is 0 Å². The molecule has 0 aliphatic heterocycles. The predicted octanol–water partition coefficient (Wildman–Crippen LogP) is 1.29. The Balaban J connectivity index is 0.000000640. The zero-order valence-corrected chi connectivity index (χ0v) is 8.34. The Hall–Kier alpha value is -0.350. The maximum Gasteiger partial charge on any atom is 0.0242 e. The Morgan fingerprint density at radius 2 is 1.67 bits per heavy atom. The van der Waals surface area contributed by atoms with Crippen molar-refractivity contribution in [1.82, 2.24) is 0 Å². The molecule has 0 bridgehead atoms. The molecule has 0 aliphatic rings. The molecule has 0 atom stereocenters. The first kappa shape index (κ1) is 8.65. The van der Waals surface area contributed by atoms with Crippen LogP contribution < -0.4 is 0 Å². The summed E-state index contributed by atoms with van der Waals surface area (Å²) < 4.78 is 0. The van der Waals surface area contributed by atoms with E-state index in [2.05, 4.69) is 5.92 Å². The van der Waals surface area contributed by atoms with Crippen molar-refractivity contribution in [2.75, 3.05) is 0 Å². The third kappa shape index (κ3) is 2.62. The summed E-state index contributed by atoms with van der Waals surface area (Å²) in [6, 6.07) is 9.60. The third-order valence-electron chi connectivity index (χ3n) is 0.940. The van der Waals surface area contributed by atoms with Gasteiger partial charge >= 0.3 is 0 Å². The number of terminal acetylenes is 1. The number of hydrogen-bond acceptors (Lipinski definition) is 0. The van der Waals surface area contributed by atoms with Crippen LogP contribution in [-0.2, 0) is 0 Å². The van der Waals surface area contributed by atoms with Crippen molar-refractivity contribution in [3.8, 4) is 12.3 Å². The van der Waals surface area contributed by atoms with Crippen molar-refractivity contribution < 1.29 is 0 Å². The van der Waals surface area contributed by atoms with E-state index in [9.17, 15) is 0 Å². The summed E-state index contributed by atoms with van der Waals surface area (Å²) in [5.74, 6) is 2.53.